The van der Waals surface area contributed by atoms with Gasteiger partial charge in [-0.15, -0.1) is 0 Å². The van der Waals surface area contributed by atoms with Crippen molar-refractivity contribution in [1.82, 2.24) is 0 Å². The molecule has 0 aliphatic heterocycles. The number of nitrogens with zero attached hydrogens (tertiary/aromatic N) is 1. The average molecular weight is 416 g/mol. The second-order valence-corrected chi connectivity index (χ2v) is 7.19. The van der Waals surface area contributed by atoms with Gasteiger partial charge in [0.15, 0.2) is 18.2 Å². The number of ether oxygens (including phenoxy) is 3. The van der Waals surface area contributed by atoms with E-state index in [9.17, 15) is 4.79 Å². The number of carbonyl (C=O) groups excluding carboxylic acids is 1. The van der Waals surface area contributed by atoms with Crippen LogP contribution in [0.2, 0.25) is 0 Å². The van der Waals surface area contributed by atoms with Crippen LogP contribution in [0.1, 0.15) is 36.0 Å². The molecule has 0 unspecified atom stereocenters. The van der Waals surface area contributed by atoms with Crippen molar-refractivity contribution in [3.8, 4) is 11.1 Å². The third kappa shape index (κ3) is 9.59. The predicted octanol–water partition coefficient (Wildman–Crippen LogP) is 2.93. The van der Waals surface area contributed by atoms with Gasteiger partial charge in [0.2, 0.25) is 0 Å². The molecule has 0 spiro atoms. The minimum absolute atomic E-state index is 0.180. The van der Waals surface area contributed by atoms with Gasteiger partial charge in [0.05, 0.1) is 26.4 Å². The molecule has 1 heterocycles. The van der Waals surface area contributed by atoms with E-state index in [1.165, 1.54) is 0 Å². The van der Waals surface area contributed by atoms with E-state index in [-0.39, 0.29) is 5.78 Å². The van der Waals surface area contributed by atoms with Gasteiger partial charge in [0.1, 0.15) is 7.05 Å². The fraction of sp³-hybridized carbons (Fsp3) is 0.500. The van der Waals surface area contributed by atoms with E-state index in [0.29, 0.717) is 52.6 Å². The van der Waals surface area contributed by atoms with E-state index in [4.69, 9.17) is 19.9 Å². The molecule has 0 aliphatic carbocycles. The van der Waals surface area contributed by atoms with Crippen LogP contribution in [0.25, 0.3) is 11.1 Å². The summed E-state index contributed by atoms with van der Waals surface area (Å²) in [5.74, 6) is 0.180. The molecule has 6 nitrogen and oxygen atoms in total. The van der Waals surface area contributed by atoms with Crippen LogP contribution in [0.4, 0.5) is 0 Å². The second-order valence-electron chi connectivity index (χ2n) is 7.19. The number of unbranched alkanes of at least 4 members (excludes halogenated alkanes) is 1. The zero-order chi connectivity index (χ0) is 21.4. The Morgan fingerprint density at radius 1 is 0.767 bits per heavy atom. The van der Waals surface area contributed by atoms with Crippen LogP contribution >= 0.6 is 0 Å². The number of aromatic nitrogens is 1. The molecule has 0 saturated carbocycles. The molecule has 6 heteroatoms. The molecule has 0 saturated heterocycles. The molecule has 2 aromatic rings. The SMILES string of the molecule is C[n+]1ccc(-c2ccc(C(=O)CCCCOCCOCCOCCCN)cc2)cc1. The summed E-state index contributed by atoms with van der Waals surface area (Å²) in [4.78, 5) is 12.4. The summed E-state index contributed by atoms with van der Waals surface area (Å²) in [7, 11) is 1.99. The van der Waals surface area contributed by atoms with Gasteiger partial charge in [0, 0.05) is 37.3 Å². The number of hydrogen-bond acceptors (Lipinski definition) is 5. The highest BCUT2D eigenvalue weighted by atomic mass is 16.5. The lowest BCUT2D eigenvalue weighted by atomic mass is 10.0. The minimum atomic E-state index is 0.180. The molecule has 0 bridgehead atoms. The lowest BCUT2D eigenvalue weighted by Gasteiger charge is -2.07. The molecule has 0 aliphatic rings. The summed E-state index contributed by atoms with van der Waals surface area (Å²) in [5, 5.41) is 0. The first-order valence-corrected chi connectivity index (χ1v) is 10.7. The first-order valence-electron chi connectivity index (χ1n) is 10.7. The minimum Gasteiger partial charge on any atom is -0.379 e. The van der Waals surface area contributed by atoms with E-state index in [0.717, 1.165) is 36.0 Å². The number of nitrogens with two attached hydrogens (primary N) is 1. The van der Waals surface area contributed by atoms with Gasteiger partial charge >= 0.3 is 0 Å². The normalized spacial score (nSPS) is 11.0. The van der Waals surface area contributed by atoms with Crippen molar-refractivity contribution < 1.29 is 23.6 Å². The summed E-state index contributed by atoms with van der Waals surface area (Å²) in [5.41, 5.74) is 8.42. The average Bonchev–Trinajstić information content (AvgIpc) is 2.77. The zero-order valence-corrected chi connectivity index (χ0v) is 18.1. The van der Waals surface area contributed by atoms with Crippen molar-refractivity contribution in [1.29, 1.82) is 0 Å². The summed E-state index contributed by atoms with van der Waals surface area (Å²) < 4.78 is 18.3. The summed E-state index contributed by atoms with van der Waals surface area (Å²) in [6.45, 7) is 4.28. The van der Waals surface area contributed by atoms with E-state index < -0.39 is 0 Å². The maximum absolute atomic E-state index is 12.4. The number of benzene rings is 1. The number of hydrogen-bond donors (Lipinski definition) is 1. The topological polar surface area (TPSA) is 74.7 Å². The first-order chi connectivity index (χ1) is 14.7. The van der Waals surface area contributed by atoms with E-state index in [1.54, 1.807) is 0 Å². The standard InChI is InChI=1S/C24H35N2O4/c1-26-13-10-22(11-14-26)21-6-8-23(9-7-21)24(27)5-2-3-15-28-17-19-30-20-18-29-16-4-12-25/h6-11,13-14H,2-5,12,15-20,25H2,1H3/q+1. The first kappa shape index (κ1) is 24.2. The van der Waals surface area contributed by atoms with Gasteiger partial charge in [0.25, 0.3) is 0 Å². The number of ketones is 1. The molecule has 2 rings (SSSR count). The van der Waals surface area contributed by atoms with Crippen molar-refractivity contribution in [3.63, 3.8) is 0 Å². The van der Waals surface area contributed by atoms with Crippen LogP contribution in [-0.4, -0.2) is 52.0 Å². The highest BCUT2D eigenvalue weighted by Gasteiger charge is 2.07. The van der Waals surface area contributed by atoms with Gasteiger partial charge in [-0.3, -0.25) is 4.79 Å². The van der Waals surface area contributed by atoms with E-state index in [1.807, 2.05) is 48.3 Å². The smallest absolute Gasteiger partial charge is 0.169 e. The van der Waals surface area contributed by atoms with Crippen molar-refractivity contribution in [3.05, 3.63) is 54.4 Å². The fourth-order valence-electron chi connectivity index (χ4n) is 2.90. The summed E-state index contributed by atoms with van der Waals surface area (Å²) >= 11 is 0. The highest BCUT2D eigenvalue weighted by Crippen LogP contribution is 2.19. The zero-order valence-electron chi connectivity index (χ0n) is 18.1. The predicted molar refractivity (Wildman–Crippen MR) is 117 cm³/mol. The van der Waals surface area contributed by atoms with E-state index in [2.05, 4.69) is 12.1 Å². The second kappa shape index (κ2) is 14.8. The number of Topliss-reactive ketones (excluding diaryl/α,β-unsaturated/α-hetero) is 1. The molecule has 1 aromatic carbocycles. The molecule has 0 fully saturated rings. The van der Waals surface area contributed by atoms with Crippen LogP contribution in [0.5, 0.6) is 0 Å². The molecule has 0 radical (unpaired) electrons. The number of carbonyl (C=O) groups is 1. The number of aryl methyl sites for hydroxylation is 1. The summed E-state index contributed by atoms with van der Waals surface area (Å²) in [6, 6.07) is 12.0. The van der Waals surface area contributed by atoms with Crippen LogP contribution in [0, 0.1) is 0 Å². The Morgan fingerprint density at radius 3 is 1.90 bits per heavy atom. The molecular weight excluding hydrogens is 380 g/mol. The van der Waals surface area contributed by atoms with Crippen LogP contribution < -0.4 is 10.3 Å². The molecule has 0 amide bonds. The Hall–Kier alpha value is -2.12. The molecule has 2 N–H and O–H groups in total. The highest BCUT2D eigenvalue weighted by molar-refractivity contribution is 5.96. The molecule has 1 aromatic heterocycles. The van der Waals surface area contributed by atoms with Crippen molar-refractivity contribution >= 4 is 5.78 Å². The monoisotopic (exact) mass is 415 g/mol. The van der Waals surface area contributed by atoms with Gasteiger partial charge < -0.3 is 19.9 Å². The number of rotatable bonds is 16. The van der Waals surface area contributed by atoms with Crippen LogP contribution in [0.3, 0.4) is 0 Å². The third-order valence-corrected chi connectivity index (χ3v) is 4.70. The number of pyridine rings is 1. The maximum atomic E-state index is 12.4. The van der Waals surface area contributed by atoms with Gasteiger partial charge in [-0.1, -0.05) is 24.3 Å². The van der Waals surface area contributed by atoms with Crippen molar-refractivity contribution in [2.24, 2.45) is 12.8 Å². The Morgan fingerprint density at radius 2 is 1.30 bits per heavy atom. The third-order valence-electron chi connectivity index (χ3n) is 4.70. The Labute approximate surface area is 180 Å². The maximum Gasteiger partial charge on any atom is 0.169 e. The Kier molecular flexibility index (Phi) is 11.9. The fourth-order valence-corrected chi connectivity index (χ4v) is 2.90. The van der Waals surface area contributed by atoms with Crippen LogP contribution in [0.15, 0.2) is 48.8 Å². The lowest BCUT2D eigenvalue weighted by molar-refractivity contribution is -0.671. The Balaban J connectivity index is 1.51. The molecule has 164 valence electrons. The molecular formula is C24H35N2O4+. The summed E-state index contributed by atoms with van der Waals surface area (Å²) in [6.07, 6.45) is 7.15. The van der Waals surface area contributed by atoms with E-state index >= 15 is 0 Å². The van der Waals surface area contributed by atoms with Crippen molar-refractivity contribution in [2.45, 2.75) is 25.7 Å². The lowest BCUT2D eigenvalue weighted by Crippen LogP contribution is -2.25. The van der Waals surface area contributed by atoms with Gasteiger partial charge in [-0.2, -0.15) is 0 Å². The van der Waals surface area contributed by atoms with Crippen molar-refractivity contribution in [2.75, 3.05) is 46.2 Å². The van der Waals surface area contributed by atoms with Gasteiger partial charge in [-0.25, -0.2) is 4.57 Å². The molecule has 0 atom stereocenters. The van der Waals surface area contributed by atoms with Gasteiger partial charge in [-0.05, 0) is 36.9 Å². The quantitative estimate of drug-likeness (QED) is 0.259. The molecule has 30 heavy (non-hydrogen) atoms. The largest absolute Gasteiger partial charge is 0.379 e. The van der Waals surface area contributed by atoms with Crippen LogP contribution in [-0.2, 0) is 21.3 Å². The Bertz CT molecular complexity index is 717.